The lowest BCUT2D eigenvalue weighted by Crippen LogP contribution is -2.39. The molecule has 0 aromatic heterocycles. The van der Waals surface area contributed by atoms with Gasteiger partial charge >= 0.3 is 5.97 Å². The predicted molar refractivity (Wildman–Crippen MR) is 62.8 cm³/mol. The predicted octanol–water partition coefficient (Wildman–Crippen LogP) is 2.45. The van der Waals surface area contributed by atoms with Crippen molar-refractivity contribution < 1.29 is 9.53 Å². The fourth-order valence-electron chi connectivity index (χ4n) is 1.83. The molecule has 3 nitrogen and oxygen atoms in total. The third-order valence-electron chi connectivity index (χ3n) is 2.98. The van der Waals surface area contributed by atoms with Crippen LogP contribution in [-0.4, -0.2) is 36.6 Å². The zero-order valence-electron chi connectivity index (χ0n) is 10.7. The number of carbonyl (C=O) groups excluding carboxylic acids is 1. The van der Waals surface area contributed by atoms with Gasteiger partial charge in [-0.15, -0.1) is 0 Å². The van der Waals surface area contributed by atoms with Crippen LogP contribution in [-0.2, 0) is 9.53 Å². The van der Waals surface area contributed by atoms with E-state index in [9.17, 15) is 4.79 Å². The van der Waals surface area contributed by atoms with Gasteiger partial charge in [0.15, 0.2) is 0 Å². The van der Waals surface area contributed by atoms with Crippen LogP contribution in [0.15, 0.2) is 0 Å². The second-order valence-electron chi connectivity index (χ2n) is 3.99. The number of ether oxygens (including phenoxy) is 1. The summed E-state index contributed by atoms with van der Waals surface area (Å²) in [5.41, 5.74) is 0. The molecule has 0 fully saturated rings. The molecule has 1 unspecified atom stereocenters. The van der Waals surface area contributed by atoms with Gasteiger partial charge in [-0.2, -0.15) is 0 Å². The van der Waals surface area contributed by atoms with Gasteiger partial charge in [0.1, 0.15) is 0 Å². The minimum absolute atomic E-state index is 0.0946. The highest BCUT2D eigenvalue weighted by atomic mass is 16.5. The normalized spacial score (nSPS) is 13.3. The Morgan fingerprint density at radius 2 is 1.80 bits per heavy atom. The topological polar surface area (TPSA) is 29.5 Å². The van der Waals surface area contributed by atoms with E-state index in [2.05, 4.69) is 32.7 Å². The van der Waals surface area contributed by atoms with Gasteiger partial charge in [0.05, 0.1) is 13.0 Å². The van der Waals surface area contributed by atoms with Crippen LogP contribution in [0.3, 0.4) is 0 Å². The van der Waals surface area contributed by atoms with E-state index in [-0.39, 0.29) is 12.0 Å². The zero-order chi connectivity index (χ0) is 11.8. The fraction of sp³-hybridized carbons (Fsp3) is 0.917. The lowest BCUT2D eigenvalue weighted by Gasteiger charge is -2.31. The smallest absolute Gasteiger partial charge is 0.307 e. The van der Waals surface area contributed by atoms with Crippen molar-refractivity contribution in [3.05, 3.63) is 0 Å². The van der Waals surface area contributed by atoms with Crippen molar-refractivity contribution in [2.24, 2.45) is 0 Å². The van der Waals surface area contributed by atoms with E-state index in [1.54, 1.807) is 0 Å². The molecule has 0 aliphatic heterocycles. The third kappa shape index (κ3) is 5.17. The van der Waals surface area contributed by atoms with Crippen molar-refractivity contribution in [1.82, 2.24) is 4.90 Å². The average Bonchev–Trinajstić information content (AvgIpc) is 2.19. The number of esters is 1. The molecule has 0 amide bonds. The molecule has 0 radical (unpaired) electrons. The second-order valence-corrected chi connectivity index (χ2v) is 3.99. The Balaban J connectivity index is 4.07. The maximum Gasteiger partial charge on any atom is 0.307 e. The molecule has 3 heteroatoms. The van der Waals surface area contributed by atoms with E-state index < -0.39 is 0 Å². The van der Waals surface area contributed by atoms with Gasteiger partial charge in [0.2, 0.25) is 0 Å². The van der Waals surface area contributed by atoms with Gasteiger partial charge in [0, 0.05) is 12.1 Å². The lowest BCUT2D eigenvalue weighted by atomic mass is 10.1. The molecule has 0 saturated heterocycles. The molecule has 0 N–H and O–H groups in total. The Kier molecular flexibility index (Phi) is 7.39. The summed E-state index contributed by atoms with van der Waals surface area (Å²) in [6, 6.07) is 0.823. The Morgan fingerprint density at radius 3 is 2.20 bits per heavy atom. The van der Waals surface area contributed by atoms with Crippen LogP contribution < -0.4 is 0 Å². The van der Waals surface area contributed by atoms with Gasteiger partial charge in [-0.25, -0.2) is 0 Å². The third-order valence-corrected chi connectivity index (χ3v) is 2.98. The van der Waals surface area contributed by atoms with E-state index in [0.717, 1.165) is 12.8 Å². The molecule has 0 bridgehead atoms. The van der Waals surface area contributed by atoms with E-state index in [4.69, 9.17) is 4.74 Å². The largest absolute Gasteiger partial charge is 0.466 e. The second kappa shape index (κ2) is 7.69. The molecule has 0 aliphatic rings. The summed E-state index contributed by atoms with van der Waals surface area (Å²) in [7, 11) is 2.08. The van der Waals surface area contributed by atoms with Crippen LogP contribution in [0.4, 0.5) is 0 Å². The van der Waals surface area contributed by atoms with Crippen molar-refractivity contribution in [2.45, 2.75) is 59.0 Å². The van der Waals surface area contributed by atoms with E-state index in [0.29, 0.717) is 19.1 Å². The summed E-state index contributed by atoms with van der Waals surface area (Å²) in [5, 5.41) is 0. The van der Waals surface area contributed by atoms with E-state index >= 15 is 0 Å². The summed E-state index contributed by atoms with van der Waals surface area (Å²) in [6.45, 7) is 8.76. The van der Waals surface area contributed by atoms with Crippen LogP contribution in [0.1, 0.15) is 47.0 Å². The number of carbonyl (C=O) groups is 1. The summed E-state index contributed by atoms with van der Waals surface area (Å²) in [4.78, 5) is 13.6. The molecule has 0 heterocycles. The Bertz CT molecular complexity index is 178. The number of hydrogen-bond acceptors (Lipinski definition) is 3. The van der Waals surface area contributed by atoms with Crippen LogP contribution in [0.2, 0.25) is 0 Å². The molecule has 0 rings (SSSR count). The van der Waals surface area contributed by atoms with Gasteiger partial charge in [0.25, 0.3) is 0 Å². The van der Waals surface area contributed by atoms with Crippen molar-refractivity contribution in [3.8, 4) is 0 Å². The Morgan fingerprint density at radius 1 is 1.27 bits per heavy atom. The van der Waals surface area contributed by atoms with Crippen molar-refractivity contribution >= 4 is 5.97 Å². The first-order valence-electron chi connectivity index (χ1n) is 5.94. The molecule has 0 aromatic rings. The first kappa shape index (κ1) is 14.4. The maximum absolute atomic E-state index is 11.3. The molecule has 0 spiro atoms. The van der Waals surface area contributed by atoms with Gasteiger partial charge < -0.3 is 9.64 Å². The summed E-state index contributed by atoms with van der Waals surface area (Å²) in [5.74, 6) is -0.0946. The summed E-state index contributed by atoms with van der Waals surface area (Å²) < 4.78 is 4.94. The fourth-order valence-corrected chi connectivity index (χ4v) is 1.83. The van der Waals surface area contributed by atoms with Crippen LogP contribution >= 0.6 is 0 Å². The molecular formula is C12H25NO2. The molecule has 15 heavy (non-hydrogen) atoms. The Hall–Kier alpha value is -0.570. The average molecular weight is 215 g/mol. The monoisotopic (exact) mass is 215 g/mol. The summed E-state index contributed by atoms with van der Waals surface area (Å²) in [6.07, 6.45) is 2.74. The van der Waals surface area contributed by atoms with E-state index in [1.165, 1.54) is 0 Å². The molecule has 0 saturated carbocycles. The molecule has 0 aliphatic carbocycles. The molecular weight excluding hydrogens is 190 g/mol. The highest BCUT2D eigenvalue weighted by Gasteiger charge is 2.19. The Labute approximate surface area is 93.8 Å². The highest BCUT2D eigenvalue weighted by molar-refractivity contribution is 5.70. The minimum Gasteiger partial charge on any atom is -0.466 e. The van der Waals surface area contributed by atoms with Crippen molar-refractivity contribution in [1.29, 1.82) is 0 Å². The standard InChI is InChI=1S/C12H25NO2/c1-6-11(7-2)13(5)10(4)9-12(14)15-8-3/h10-11H,6-9H2,1-5H3. The number of hydrogen-bond donors (Lipinski definition) is 0. The zero-order valence-corrected chi connectivity index (χ0v) is 10.7. The van der Waals surface area contributed by atoms with Gasteiger partial charge in [-0.1, -0.05) is 13.8 Å². The molecule has 1 atom stereocenters. The molecule has 90 valence electrons. The van der Waals surface area contributed by atoms with Crippen molar-refractivity contribution in [3.63, 3.8) is 0 Å². The quantitative estimate of drug-likeness (QED) is 0.611. The maximum atomic E-state index is 11.3. The highest BCUT2D eigenvalue weighted by Crippen LogP contribution is 2.12. The van der Waals surface area contributed by atoms with Gasteiger partial charge in [-0.3, -0.25) is 4.79 Å². The van der Waals surface area contributed by atoms with Gasteiger partial charge in [-0.05, 0) is 33.7 Å². The lowest BCUT2D eigenvalue weighted by molar-refractivity contribution is -0.144. The molecule has 0 aromatic carbocycles. The minimum atomic E-state index is -0.0946. The van der Waals surface area contributed by atoms with Crippen molar-refractivity contribution in [2.75, 3.05) is 13.7 Å². The van der Waals surface area contributed by atoms with Crippen LogP contribution in [0.25, 0.3) is 0 Å². The van der Waals surface area contributed by atoms with Crippen LogP contribution in [0, 0.1) is 0 Å². The number of rotatable bonds is 7. The number of nitrogens with zero attached hydrogens (tertiary/aromatic N) is 1. The SMILES string of the molecule is CCOC(=O)CC(C)N(C)C(CC)CC. The van der Waals surface area contributed by atoms with Crippen LogP contribution in [0.5, 0.6) is 0 Å². The first-order chi connectivity index (χ1) is 7.06. The van der Waals surface area contributed by atoms with E-state index in [1.807, 2.05) is 6.92 Å². The summed E-state index contributed by atoms with van der Waals surface area (Å²) >= 11 is 0. The first-order valence-corrected chi connectivity index (χ1v) is 5.94.